The molecule has 0 aliphatic carbocycles. The Kier molecular flexibility index (Phi) is 4.99. The molecule has 5 nitrogen and oxygen atoms in total. The summed E-state index contributed by atoms with van der Waals surface area (Å²) in [5.41, 5.74) is 1.00. The molecule has 1 aromatic rings. The molecule has 19 heavy (non-hydrogen) atoms. The zero-order valence-electron chi connectivity index (χ0n) is 11.9. The fourth-order valence-electron chi connectivity index (χ4n) is 2.40. The van der Waals surface area contributed by atoms with Crippen LogP contribution < -0.4 is 5.32 Å². The van der Waals surface area contributed by atoms with Crippen LogP contribution in [0.5, 0.6) is 0 Å². The van der Waals surface area contributed by atoms with E-state index in [0.29, 0.717) is 12.6 Å². The van der Waals surface area contributed by atoms with Crippen molar-refractivity contribution in [2.45, 2.75) is 38.8 Å². The quantitative estimate of drug-likeness (QED) is 0.895. The van der Waals surface area contributed by atoms with Crippen LogP contribution in [-0.2, 0) is 15.5 Å². The average molecular weight is 285 g/mol. The second-order valence-corrected chi connectivity index (χ2v) is 6.88. The van der Waals surface area contributed by atoms with E-state index in [9.17, 15) is 4.21 Å². The van der Waals surface area contributed by atoms with Gasteiger partial charge in [-0.3, -0.25) is 4.21 Å². The van der Waals surface area contributed by atoms with Crippen molar-refractivity contribution >= 4 is 16.7 Å². The van der Waals surface area contributed by atoms with E-state index < -0.39 is 10.8 Å². The number of hydrogen-bond donors (Lipinski definition) is 1. The van der Waals surface area contributed by atoms with Crippen molar-refractivity contribution in [3.05, 3.63) is 11.9 Å². The summed E-state index contributed by atoms with van der Waals surface area (Å²) in [4.78, 5) is 4.55. The van der Waals surface area contributed by atoms with E-state index in [0.717, 1.165) is 36.0 Å². The summed E-state index contributed by atoms with van der Waals surface area (Å²) < 4.78 is 18.7. The Morgan fingerprint density at radius 2 is 2.26 bits per heavy atom. The Hall–Kier alpha value is -0.880. The number of aryl methyl sites for hydroxylation is 1. The van der Waals surface area contributed by atoms with Gasteiger partial charge in [0.15, 0.2) is 0 Å². The van der Waals surface area contributed by atoms with Gasteiger partial charge in [0.25, 0.3) is 0 Å². The fourth-order valence-corrected chi connectivity index (χ4v) is 3.70. The molecule has 0 bridgehead atoms. The van der Waals surface area contributed by atoms with Crippen LogP contribution in [0.3, 0.4) is 0 Å². The number of aromatic nitrogens is 2. The molecule has 0 aromatic carbocycles. The van der Waals surface area contributed by atoms with Crippen LogP contribution in [0.1, 0.15) is 31.5 Å². The van der Waals surface area contributed by atoms with Crippen molar-refractivity contribution in [1.82, 2.24) is 9.55 Å². The minimum Gasteiger partial charge on any atom is -0.383 e. The van der Waals surface area contributed by atoms with Gasteiger partial charge in [0, 0.05) is 41.7 Å². The van der Waals surface area contributed by atoms with Crippen molar-refractivity contribution < 1.29 is 8.95 Å². The van der Waals surface area contributed by atoms with Crippen LogP contribution >= 0.6 is 0 Å². The minimum absolute atomic E-state index is 0.256. The molecule has 2 rings (SSSR count). The van der Waals surface area contributed by atoms with Gasteiger partial charge in [-0.05, 0) is 26.7 Å². The molecule has 2 heterocycles. The molecule has 1 aliphatic rings. The minimum atomic E-state index is -0.618. The number of nitrogens with zero attached hydrogens (tertiary/aromatic N) is 2. The number of rotatable bonds is 5. The van der Waals surface area contributed by atoms with Gasteiger partial charge in [-0.15, -0.1) is 0 Å². The van der Waals surface area contributed by atoms with Gasteiger partial charge < -0.3 is 14.6 Å². The summed E-state index contributed by atoms with van der Waals surface area (Å²) in [6.45, 7) is 4.78. The standard InChI is InChI=1S/C13H23N3O2S/c1-10-8-16(11(2)9-18-3)13(14-10)15-12-4-6-19(17)7-5-12/h8,11-12H,4-7,9H2,1-3H3,(H,14,15). The lowest BCUT2D eigenvalue weighted by Crippen LogP contribution is -2.31. The third-order valence-corrected chi connectivity index (χ3v) is 4.84. The van der Waals surface area contributed by atoms with Crippen LogP contribution in [0.2, 0.25) is 0 Å². The highest BCUT2D eigenvalue weighted by molar-refractivity contribution is 7.85. The van der Waals surface area contributed by atoms with Gasteiger partial charge in [-0.2, -0.15) is 0 Å². The maximum atomic E-state index is 11.4. The molecule has 1 aromatic heterocycles. The van der Waals surface area contributed by atoms with E-state index >= 15 is 0 Å². The Bertz CT molecular complexity index is 437. The SMILES string of the molecule is COCC(C)n1cc(C)nc1NC1CCS(=O)CC1. The predicted molar refractivity (Wildman–Crippen MR) is 78.1 cm³/mol. The molecule has 108 valence electrons. The summed E-state index contributed by atoms with van der Waals surface area (Å²) in [5.74, 6) is 2.50. The van der Waals surface area contributed by atoms with Crippen molar-refractivity contribution in [2.24, 2.45) is 0 Å². The highest BCUT2D eigenvalue weighted by atomic mass is 32.2. The zero-order valence-corrected chi connectivity index (χ0v) is 12.7. The molecule has 1 aliphatic heterocycles. The molecule has 1 N–H and O–H groups in total. The van der Waals surface area contributed by atoms with Gasteiger partial charge in [-0.25, -0.2) is 4.98 Å². The fraction of sp³-hybridized carbons (Fsp3) is 0.769. The number of nitrogens with one attached hydrogen (secondary N) is 1. The molecular weight excluding hydrogens is 262 g/mol. The Labute approximate surface area is 117 Å². The van der Waals surface area contributed by atoms with E-state index in [1.165, 1.54) is 0 Å². The summed E-state index contributed by atoms with van der Waals surface area (Å²) in [6.07, 6.45) is 3.96. The van der Waals surface area contributed by atoms with E-state index in [2.05, 4.69) is 21.8 Å². The maximum Gasteiger partial charge on any atom is 0.203 e. The van der Waals surface area contributed by atoms with Crippen LogP contribution in [0.15, 0.2) is 6.20 Å². The second kappa shape index (κ2) is 6.52. The number of methoxy groups -OCH3 is 1. The lowest BCUT2D eigenvalue weighted by molar-refractivity contribution is 0.163. The second-order valence-electron chi connectivity index (χ2n) is 5.18. The van der Waals surface area contributed by atoms with E-state index in [4.69, 9.17) is 4.74 Å². The third kappa shape index (κ3) is 3.79. The largest absolute Gasteiger partial charge is 0.383 e. The van der Waals surface area contributed by atoms with Crippen molar-refractivity contribution in [3.63, 3.8) is 0 Å². The molecule has 0 spiro atoms. The molecule has 6 heteroatoms. The first-order chi connectivity index (χ1) is 9.10. The summed E-state index contributed by atoms with van der Waals surface area (Å²) in [7, 11) is 1.09. The van der Waals surface area contributed by atoms with Gasteiger partial charge in [-0.1, -0.05) is 0 Å². The first-order valence-electron chi connectivity index (χ1n) is 6.76. The van der Waals surface area contributed by atoms with Gasteiger partial charge in [0.1, 0.15) is 0 Å². The molecule has 1 fully saturated rings. The van der Waals surface area contributed by atoms with Gasteiger partial charge in [0.05, 0.1) is 18.3 Å². The highest BCUT2D eigenvalue weighted by Crippen LogP contribution is 2.20. The average Bonchev–Trinajstić information content (AvgIpc) is 2.74. The molecule has 0 saturated carbocycles. The Morgan fingerprint density at radius 1 is 1.58 bits per heavy atom. The Morgan fingerprint density at radius 3 is 2.89 bits per heavy atom. The van der Waals surface area contributed by atoms with Crippen LogP contribution in [-0.4, -0.2) is 45.0 Å². The summed E-state index contributed by atoms with van der Waals surface area (Å²) in [5, 5.41) is 3.49. The van der Waals surface area contributed by atoms with Crippen molar-refractivity contribution in [1.29, 1.82) is 0 Å². The van der Waals surface area contributed by atoms with E-state index in [1.807, 2.05) is 13.1 Å². The van der Waals surface area contributed by atoms with Crippen molar-refractivity contribution in [2.75, 3.05) is 30.5 Å². The van der Waals surface area contributed by atoms with Crippen LogP contribution in [0.25, 0.3) is 0 Å². The molecule has 0 radical (unpaired) electrons. The number of anilines is 1. The van der Waals surface area contributed by atoms with Crippen molar-refractivity contribution in [3.8, 4) is 0 Å². The monoisotopic (exact) mass is 285 g/mol. The molecule has 1 saturated heterocycles. The lowest BCUT2D eigenvalue weighted by Gasteiger charge is -2.24. The summed E-state index contributed by atoms with van der Waals surface area (Å²) in [6, 6.07) is 0.638. The zero-order chi connectivity index (χ0) is 13.8. The smallest absolute Gasteiger partial charge is 0.203 e. The number of ether oxygens (including phenoxy) is 1. The molecule has 1 atom stereocenters. The molecular formula is C13H23N3O2S. The van der Waals surface area contributed by atoms with Gasteiger partial charge in [0.2, 0.25) is 5.95 Å². The number of hydrogen-bond acceptors (Lipinski definition) is 4. The van der Waals surface area contributed by atoms with Crippen LogP contribution in [0.4, 0.5) is 5.95 Å². The van der Waals surface area contributed by atoms with Gasteiger partial charge >= 0.3 is 0 Å². The topological polar surface area (TPSA) is 56.1 Å². The Balaban J connectivity index is 2.05. The third-order valence-electron chi connectivity index (χ3n) is 3.46. The molecule has 0 amide bonds. The first-order valence-corrected chi connectivity index (χ1v) is 8.25. The van der Waals surface area contributed by atoms with Crippen LogP contribution in [0, 0.1) is 6.92 Å². The van der Waals surface area contributed by atoms with E-state index in [1.54, 1.807) is 7.11 Å². The summed E-state index contributed by atoms with van der Waals surface area (Å²) >= 11 is 0. The first kappa shape index (κ1) is 14.5. The predicted octanol–water partition coefficient (Wildman–Crippen LogP) is 1.72. The lowest BCUT2D eigenvalue weighted by atomic mass is 10.2. The highest BCUT2D eigenvalue weighted by Gasteiger charge is 2.20. The number of imidazole rings is 1. The maximum absolute atomic E-state index is 11.4. The van der Waals surface area contributed by atoms with E-state index in [-0.39, 0.29) is 6.04 Å². The molecule has 1 unspecified atom stereocenters. The normalized spacial score (nSPS) is 25.2.